The summed E-state index contributed by atoms with van der Waals surface area (Å²) < 4.78 is 10.4. The zero-order valence-electron chi connectivity index (χ0n) is 12.1. The molecule has 21 heavy (non-hydrogen) atoms. The molecule has 2 N–H and O–H groups in total. The molecule has 1 aromatic rings. The molecule has 3 unspecified atom stereocenters. The SMILES string of the molecule is COCC(NC(=O)C1CCCC(C(=O)O)C1)c1ccco1. The average molecular weight is 295 g/mol. The van der Waals surface area contributed by atoms with Gasteiger partial charge in [-0.1, -0.05) is 6.42 Å². The highest BCUT2D eigenvalue weighted by Crippen LogP contribution is 2.30. The topological polar surface area (TPSA) is 88.8 Å². The molecular formula is C15H21NO5. The summed E-state index contributed by atoms with van der Waals surface area (Å²) in [5.74, 6) is -0.977. The van der Waals surface area contributed by atoms with E-state index in [1.807, 2.05) is 0 Å². The Balaban J connectivity index is 1.97. The Morgan fingerprint density at radius 1 is 1.48 bits per heavy atom. The van der Waals surface area contributed by atoms with Crippen LogP contribution in [0.25, 0.3) is 0 Å². The van der Waals surface area contributed by atoms with Crippen molar-refractivity contribution < 1.29 is 23.8 Å². The summed E-state index contributed by atoms with van der Waals surface area (Å²) in [6.07, 6.45) is 4.10. The van der Waals surface area contributed by atoms with Crippen LogP contribution < -0.4 is 5.32 Å². The maximum atomic E-state index is 12.3. The zero-order chi connectivity index (χ0) is 15.2. The third-order valence-electron chi connectivity index (χ3n) is 3.93. The van der Waals surface area contributed by atoms with Crippen molar-refractivity contribution in [2.75, 3.05) is 13.7 Å². The summed E-state index contributed by atoms with van der Waals surface area (Å²) >= 11 is 0. The molecule has 1 heterocycles. The highest BCUT2D eigenvalue weighted by molar-refractivity contribution is 5.80. The molecule has 2 rings (SSSR count). The molecule has 1 aliphatic rings. The number of methoxy groups -OCH3 is 1. The Hall–Kier alpha value is -1.82. The quantitative estimate of drug-likeness (QED) is 0.837. The first-order valence-corrected chi connectivity index (χ1v) is 7.17. The lowest BCUT2D eigenvalue weighted by Gasteiger charge is -2.27. The van der Waals surface area contributed by atoms with Gasteiger partial charge in [-0.25, -0.2) is 0 Å². The van der Waals surface area contributed by atoms with Crippen molar-refractivity contribution >= 4 is 11.9 Å². The second-order valence-electron chi connectivity index (χ2n) is 5.43. The smallest absolute Gasteiger partial charge is 0.306 e. The van der Waals surface area contributed by atoms with Crippen molar-refractivity contribution in [3.8, 4) is 0 Å². The van der Waals surface area contributed by atoms with Gasteiger partial charge in [0, 0.05) is 13.0 Å². The highest BCUT2D eigenvalue weighted by atomic mass is 16.5. The van der Waals surface area contributed by atoms with Crippen LogP contribution in [0.4, 0.5) is 0 Å². The van der Waals surface area contributed by atoms with Gasteiger partial charge < -0.3 is 19.6 Å². The Labute approximate surface area is 123 Å². The first-order chi connectivity index (χ1) is 10.1. The summed E-state index contributed by atoms with van der Waals surface area (Å²) in [6.45, 7) is 0.314. The van der Waals surface area contributed by atoms with Crippen LogP contribution in [0.1, 0.15) is 37.5 Å². The van der Waals surface area contributed by atoms with Gasteiger partial charge in [0.1, 0.15) is 11.8 Å². The molecule has 6 nitrogen and oxygen atoms in total. The van der Waals surface area contributed by atoms with E-state index in [4.69, 9.17) is 14.3 Å². The standard InChI is InChI=1S/C15H21NO5/c1-20-9-12(13-6-3-7-21-13)16-14(17)10-4-2-5-11(8-10)15(18)19/h3,6-7,10-12H,2,4-5,8-9H2,1H3,(H,16,17)(H,18,19). The Bertz CT molecular complexity index is 470. The predicted octanol–water partition coefficient (Wildman–Crippen LogP) is 1.97. The molecule has 6 heteroatoms. The van der Waals surface area contributed by atoms with Gasteiger partial charge in [-0.05, 0) is 31.4 Å². The normalized spacial score (nSPS) is 23.5. The van der Waals surface area contributed by atoms with Crippen LogP contribution in [0.3, 0.4) is 0 Å². The fourth-order valence-electron chi connectivity index (χ4n) is 2.79. The van der Waals surface area contributed by atoms with E-state index in [9.17, 15) is 9.59 Å². The molecule has 3 atom stereocenters. The maximum Gasteiger partial charge on any atom is 0.306 e. The van der Waals surface area contributed by atoms with Crippen LogP contribution in [0, 0.1) is 11.8 Å². The summed E-state index contributed by atoms with van der Waals surface area (Å²) in [6, 6.07) is 3.19. The maximum absolute atomic E-state index is 12.3. The van der Waals surface area contributed by atoms with E-state index in [1.54, 1.807) is 25.5 Å². The minimum absolute atomic E-state index is 0.126. The molecule has 116 valence electrons. The zero-order valence-corrected chi connectivity index (χ0v) is 12.1. The Morgan fingerprint density at radius 3 is 2.86 bits per heavy atom. The molecule has 0 radical (unpaired) electrons. The number of carboxylic acids is 1. The molecule has 0 aromatic carbocycles. The van der Waals surface area contributed by atoms with Gasteiger partial charge in [0.15, 0.2) is 0 Å². The molecule has 0 bridgehead atoms. The van der Waals surface area contributed by atoms with Crippen molar-refractivity contribution in [2.24, 2.45) is 11.8 Å². The summed E-state index contributed by atoms with van der Waals surface area (Å²) in [5.41, 5.74) is 0. The largest absolute Gasteiger partial charge is 0.481 e. The van der Waals surface area contributed by atoms with Crippen molar-refractivity contribution in [3.05, 3.63) is 24.2 Å². The number of nitrogens with one attached hydrogen (secondary N) is 1. The fourth-order valence-corrected chi connectivity index (χ4v) is 2.79. The number of amides is 1. The fraction of sp³-hybridized carbons (Fsp3) is 0.600. The van der Waals surface area contributed by atoms with Gasteiger partial charge in [0.05, 0.1) is 18.8 Å². The van der Waals surface area contributed by atoms with E-state index < -0.39 is 11.9 Å². The molecular weight excluding hydrogens is 274 g/mol. The van der Waals surface area contributed by atoms with E-state index in [1.165, 1.54) is 0 Å². The van der Waals surface area contributed by atoms with E-state index >= 15 is 0 Å². The van der Waals surface area contributed by atoms with Gasteiger partial charge in [-0.15, -0.1) is 0 Å². The highest BCUT2D eigenvalue weighted by Gasteiger charge is 2.32. The van der Waals surface area contributed by atoms with Crippen LogP contribution in [-0.2, 0) is 14.3 Å². The van der Waals surface area contributed by atoms with Crippen molar-refractivity contribution in [1.29, 1.82) is 0 Å². The van der Waals surface area contributed by atoms with Crippen molar-refractivity contribution in [1.82, 2.24) is 5.32 Å². The predicted molar refractivity (Wildman–Crippen MR) is 74.6 cm³/mol. The number of aliphatic carboxylic acids is 1. The van der Waals surface area contributed by atoms with Gasteiger partial charge in [-0.2, -0.15) is 0 Å². The van der Waals surface area contributed by atoms with E-state index in [0.29, 0.717) is 25.2 Å². The third kappa shape index (κ3) is 4.07. The number of rotatable bonds is 6. The number of furan rings is 1. The Kier molecular flexibility index (Phi) is 5.38. The van der Waals surface area contributed by atoms with Crippen LogP contribution in [0.15, 0.2) is 22.8 Å². The number of carbonyl (C=O) groups excluding carboxylic acids is 1. The molecule has 1 aliphatic carbocycles. The molecule has 1 aromatic heterocycles. The van der Waals surface area contributed by atoms with E-state index in [2.05, 4.69) is 5.32 Å². The van der Waals surface area contributed by atoms with Gasteiger partial charge in [0.25, 0.3) is 0 Å². The summed E-state index contributed by atoms with van der Waals surface area (Å²) in [5, 5.41) is 12.0. The minimum atomic E-state index is -0.813. The number of ether oxygens (including phenoxy) is 1. The van der Waals surface area contributed by atoms with E-state index in [0.717, 1.165) is 12.8 Å². The van der Waals surface area contributed by atoms with Gasteiger partial charge >= 0.3 is 5.97 Å². The summed E-state index contributed by atoms with van der Waals surface area (Å²) in [4.78, 5) is 23.4. The number of carbonyl (C=O) groups is 2. The number of carboxylic acid groups (broad SMARTS) is 1. The number of hydrogen-bond donors (Lipinski definition) is 2. The van der Waals surface area contributed by atoms with Crippen molar-refractivity contribution in [3.63, 3.8) is 0 Å². The Morgan fingerprint density at radius 2 is 2.24 bits per heavy atom. The second-order valence-corrected chi connectivity index (χ2v) is 5.43. The van der Waals surface area contributed by atoms with Crippen LogP contribution >= 0.6 is 0 Å². The third-order valence-corrected chi connectivity index (χ3v) is 3.93. The average Bonchev–Trinajstić information content (AvgIpc) is 3.01. The lowest BCUT2D eigenvalue weighted by atomic mass is 9.81. The molecule has 1 saturated carbocycles. The first kappa shape index (κ1) is 15.6. The molecule has 1 amide bonds. The van der Waals surface area contributed by atoms with Crippen molar-refractivity contribution in [2.45, 2.75) is 31.7 Å². The second kappa shape index (κ2) is 7.26. The molecule has 0 aliphatic heterocycles. The van der Waals surface area contributed by atoms with Gasteiger partial charge in [0.2, 0.25) is 5.91 Å². The van der Waals surface area contributed by atoms with Crippen LogP contribution in [0.5, 0.6) is 0 Å². The molecule has 0 spiro atoms. The lowest BCUT2D eigenvalue weighted by molar-refractivity contribution is -0.144. The minimum Gasteiger partial charge on any atom is -0.481 e. The van der Waals surface area contributed by atoms with Crippen LogP contribution in [0.2, 0.25) is 0 Å². The van der Waals surface area contributed by atoms with E-state index in [-0.39, 0.29) is 17.9 Å². The first-order valence-electron chi connectivity index (χ1n) is 7.17. The van der Waals surface area contributed by atoms with Crippen LogP contribution in [-0.4, -0.2) is 30.7 Å². The lowest BCUT2D eigenvalue weighted by Crippen LogP contribution is -2.38. The molecule has 1 fully saturated rings. The number of hydrogen-bond acceptors (Lipinski definition) is 4. The molecule has 0 saturated heterocycles. The monoisotopic (exact) mass is 295 g/mol. The summed E-state index contributed by atoms with van der Waals surface area (Å²) in [7, 11) is 1.56. The van der Waals surface area contributed by atoms with Gasteiger partial charge in [-0.3, -0.25) is 9.59 Å².